The van der Waals surface area contributed by atoms with Gasteiger partial charge in [0.1, 0.15) is 11.9 Å². The van der Waals surface area contributed by atoms with Crippen LogP contribution in [0.1, 0.15) is 37.0 Å². The Morgan fingerprint density at radius 3 is 2.37 bits per heavy atom. The average Bonchev–Trinajstić information content (AvgIpc) is 2.84. The quantitative estimate of drug-likeness (QED) is 0.315. The highest BCUT2D eigenvalue weighted by atomic mass is 79.9. The molecule has 0 fully saturated rings. The van der Waals surface area contributed by atoms with E-state index in [1.807, 2.05) is 68.4 Å². The molecule has 3 rings (SSSR count). The van der Waals surface area contributed by atoms with Crippen molar-refractivity contribution in [3.05, 3.63) is 105 Å². The number of hydrogen-bond donors (Lipinski definition) is 1. The smallest absolute Gasteiger partial charge is 0.243 e. The van der Waals surface area contributed by atoms with Crippen LogP contribution in [0.15, 0.2) is 77.3 Å². The highest BCUT2D eigenvalue weighted by Crippen LogP contribution is 2.23. The van der Waals surface area contributed by atoms with Crippen molar-refractivity contribution in [2.24, 2.45) is 0 Å². The van der Waals surface area contributed by atoms with Crippen LogP contribution in [-0.4, -0.2) is 28.8 Å². The standard InChI is InChI=1S/C28H29BrClFN2O2/c1-3-19(2)32-28(35)26(16-20-9-5-4-6-10-20)33(18-21-11-7-12-22(29)15-21)27(34)17-23-24(30)13-8-14-25(23)31/h4-15,19,26H,3,16-18H2,1-2H3,(H,32,35)/t19-,26-/m1/s1. The van der Waals surface area contributed by atoms with Gasteiger partial charge in [-0.05, 0) is 48.7 Å². The maximum absolute atomic E-state index is 14.5. The van der Waals surface area contributed by atoms with Crippen LogP contribution in [0.3, 0.4) is 0 Å². The Balaban J connectivity index is 2.01. The number of hydrogen-bond acceptors (Lipinski definition) is 2. The topological polar surface area (TPSA) is 49.4 Å². The molecule has 3 aromatic rings. The summed E-state index contributed by atoms with van der Waals surface area (Å²) in [5.41, 5.74) is 1.90. The predicted molar refractivity (Wildman–Crippen MR) is 142 cm³/mol. The molecule has 0 saturated heterocycles. The molecule has 0 aliphatic rings. The van der Waals surface area contributed by atoms with Gasteiger partial charge in [-0.3, -0.25) is 9.59 Å². The van der Waals surface area contributed by atoms with Crippen molar-refractivity contribution in [2.75, 3.05) is 0 Å². The van der Waals surface area contributed by atoms with Crippen molar-refractivity contribution < 1.29 is 14.0 Å². The lowest BCUT2D eigenvalue weighted by Gasteiger charge is -2.32. The number of amides is 2. The molecule has 0 aromatic heterocycles. The van der Waals surface area contributed by atoms with E-state index < -0.39 is 11.9 Å². The van der Waals surface area contributed by atoms with Crippen LogP contribution in [0.4, 0.5) is 4.39 Å². The van der Waals surface area contributed by atoms with Crippen LogP contribution in [0, 0.1) is 5.82 Å². The minimum absolute atomic E-state index is 0.0513. The van der Waals surface area contributed by atoms with Crippen molar-refractivity contribution in [1.29, 1.82) is 0 Å². The number of halogens is 3. The van der Waals surface area contributed by atoms with Gasteiger partial charge in [-0.2, -0.15) is 0 Å². The van der Waals surface area contributed by atoms with Gasteiger partial charge in [-0.15, -0.1) is 0 Å². The van der Waals surface area contributed by atoms with E-state index in [0.717, 1.165) is 22.0 Å². The van der Waals surface area contributed by atoms with Crippen LogP contribution in [0.5, 0.6) is 0 Å². The second kappa shape index (κ2) is 12.8. The number of carbonyl (C=O) groups excluding carboxylic acids is 2. The molecule has 0 aliphatic carbocycles. The van der Waals surface area contributed by atoms with Gasteiger partial charge in [-0.1, -0.05) is 83.0 Å². The van der Waals surface area contributed by atoms with E-state index in [9.17, 15) is 14.0 Å². The Morgan fingerprint density at radius 1 is 1.03 bits per heavy atom. The molecule has 184 valence electrons. The van der Waals surface area contributed by atoms with E-state index in [-0.39, 0.29) is 41.4 Å². The van der Waals surface area contributed by atoms with Crippen molar-refractivity contribution in [1.82, 2.24) is 10.2 Å². The first-order valence-electron chi connectivity index (χ1n) is 11.6. The third-order valence-electron chi connectivity index (χ3n) is 5.90. The van der Waals surface area contributed by atoms with Gasteiger partial charge in [0.05, 0.1) is 6.42 Å². The van der Waals surface area contributed by atoms with E-state index >= 15 is 0 Å². The van der Waals surface area contributed by atoms with Crippen LogP contribution in [0.25, 0.3) is 0 Å². The third-order valence-corrected chi connectivity index (χ3v) is 6.75. The van der Waals surface area contributed by atoms with Crippen LogP contribution < -0.4 is 5.32 Å². The van der Waals surface area contributed by atoms with Crippen LogP contribution >= 0.6 is 27.5 Å². The molecule has 4 nitrogen and oxygen atoms in total. The highest BCUT2D eigenvalue weighted by molar-refractivity contribution is 9.10. The van der Waals surface area contributed by atoms with Crippen LogP contribution in [0.2, 0.25) is 5.02 Å². The first-order chi connectivity index (χ1) is 16.8. The van der Waals surface area contributed by atoms with Crippen molar-refractivity contribution in [3.63, 3.8) is 0 Å². The largest absolute Gasteiger partial charge is 0.352 e. The van der Waals surface area contributed by atoms with Gasteiger partial charge in [0.2, 0.25) is 11.8 Å². The zero-order valence-electron chi connectivity index (χ0n) is 19.8. The molecule has 2 amide bonds. The minimum atomic E-state index is -0.788. The van der Waals surface area contributed by atoms with E-state index in [0.29, 0.717) is 6.42 Å². The van der Waals surface area contributed by atoms with Gasteiger partial charge in [0.25, 0.3) is 0 Å². The lowest BCUT2D eigenvalue weighted by atomic mass is 10.0. The summed E-state index contributed by atoms with van der Waals surface area (Å²) in [5.74, 6) is -1.17. The molecule has 2 atom stereocenters. The fraction of sp³-hybridized carbons (Fsp3) is 0.286. The van der Waals surface area contributed by atoms with Gasteiger partial charge in [0, 0.05) is 34.1 Å². The zero-order chi connectivity index (χ0) is 25.4. The number of carbonyl (C=O) groups is 2. The molecule has 35 heavy (non-hydrogen) atoms. The van der Waals surface area contributed by atoms with E-state index in [1.54, 1.807) is 6.07 Å². The van der Waals surface area contributed by atoms with Gasteiger partial charge < -0.3 is 10.2 Å². The normalized spacial score (nSPS) is 12.6. The molecule has 0 heterocycles. The monoisotopic (exact) mass is 558 g/mol. The van der Waals surface area contributed by atoms with E-state index in [2.05, 4.69) is 21.2 Å². The number of rotatable bonds is 10. The summed E-state index contributed by atoms with van der Waals surface area (Å²) >= 11 is 9.70. The molecule has 0 spiro atoms. The summed E-state index contributed by atoms with van der Waals surface area (Å²) in [6.45, 7) is 4.11. The summed E-state index contributed by atoms with van der Waals surface area (Å²) in [6, 6.07) is 20.6. The molecule has 1 N–H and O–H groups in total. The number of nitrogens with one attached hydrogen (secondary N) is 1. The van der Waals surface area contributed by atoms with Gasteiger partial charge >= 0.3 is 0 Å². The first kappa shape index (κ1) is 26.9. The zero-order valence-corrected chi connectivity index (χ0v) is 22.2. The average molecular weight is 560 g/mol. The molecular formula is C28H29BrClFN2O2. The van der Waals surface area contributed by atoms with Crippen molar-refractivity contribution in [2.45, 2.75) is 51.7 Å². The molecule has 0 saturated carbocycles. The lowest BCUT2D eigenvalue weighted by Crippen LogP contribution is -2.52. The third kappa shape index (κ3) is 7.64. The summed E-state index contributed by atoms with van der Waals surface area (Å²) < 4.78 is 15.4. The maximum atomic E-state index is 14.5. The minimum Gasteiger partial charge on any atom is -0.352 e. The Hall–Kier alpha value is -2.70. The Labute approximate surface area is 219 Å². The van der Waals surface area contributed by atoms with Crippen molar-refractivity contribution >= 4 is 39.3 Å². The highest BCUT2D eigenvalue weighted by Gasteiger charge is 2.31. The SMILES string of the molecule is CC[C@@H](C)NC(=O)[C@@H](Cc1ccccc1)N(Cc1cccc(Br)c1)C(=O)Cc1c(F)cccc1Cl. The second-order valence-corrected chi connectivity index (χ2v) is 9.87. The molecule has 7 heteroatoms. The van der Waals surface area contributed by atoms with Crippen LogP contribution in [-0.2, 0) is 29.0 Å². The Bertz CT molecular complexity index is 1140. The fourth-order valence-electron chi connectivity index (χ4n) is 3.78. The fourth-order valence-corrected chi connectivity index (χ4v) is 4.46. The molecule has 0 unspecified atom stereocenters. The molecule has 3 aromatic carbocycles. The lowest BCUT2D eigenvalue weighted by molar-refractivity contribution is -0.141. The second-order valence-electron chi connectivity index (χ2n) is 8.55. The summed E-state index contributed by atoms with van der Waals surface area (Å²) in [4.78, 5) is 28.7. The number of nitrogens with zero attached hydrogens (tertiary/aromatic N) is 1. The van der Waals surface area contributed by atoms with Gasteiger partial charge in [0.15, 0.2) is 0 Å². The molecule has 0 aliphatic heterocycles. The van der Waals surface area contributed by atoms with Gasteiger partial charge in [-0.25, -0.2) is 4.39 Å². The maximum Gasteiger partial charge on any atom is 0.243 e. The van der Waals surface area contributed by atoms with E-state index in [4.69, 9.17) is 11.6 Å². The van der Waals surface area contributed by atoms with E-state index in [1.165, 1.54) is 17.0 Å². The Kier molecular flexibility index (Phi) is 9.87. The van der Waals surface area contributed by atoms with Crippen molar-refractivity contribution in [3.8, 4) is 0 Å². The Morgan fingerprint density at radius 2 is 1.71 bits per heavy atom. The summed E-state index contributed by atoms with van der Waals surface area (Å²) in [7, 11) is 0. The predicted octanol–water partition coefficient (Wildman–Crippen LogP) is 6.34. The molecule has 0 radical (unpaired) electrons. The molecular weight excluding hydrogens is 531 g/mol. The first-order valence-corrected chi connectivity index (χ1v) is 12.8. The summed E-state index contributed by atoms with van der Waals surface area (Å²) in [6.07, 6.45) is 0.837. The molecule has 0 bridgehead atoms. The summed E-state index contributed by atoms with van der Waals surface area (Å²) in [5, 5.41) is 3.21. The number of benzene rings is 3.